The van der Waals surface area contributed by atoms with E-state index in [-0.39, 0.29) is 11.9 Å². The number of rotatable bonds is 8. The van der Waals surface area contributed by atoms with Gasteiger partial charge < -0.3 is 29.4 Å². The van der Waals surface area contributed by atoms with Gasteiger partial charge in [0.15, 0.2) is 11.6 Å². The number of anilines is 2. The molecule has 0 spiro atoms. The largest absolute Gasteiger partial charge is 0.505 e. The first kappa shape index (κ1) is 26.7. The van der Waals surface area contributed by atoms with Gasteiger partial charge in [0.25, 0.3) is 0 Å². The van der Waals surface area contributed by atoms with Crippen molar-refractivity contribution in [1.29, 1.82) is 0 Å². The number of halogens is 1. The third kappa shape index (κ3) is 5.75. The molecule has 9 nitrogen and oxygen atoms in total. The molecule has 39 heavy (non-hydrogen) atoms. The lowest BCUT2D eigenvalue weighted by atomic mass is 10.0. The Bertz CT molecular complexity index is 1370. The number of benzene rings is 2. The summed E-state index contributed by atoms with van der Waals surface area (Å²) >= 11 is 0. The number of hydrogen-bond donors (Lipinski definition) is 1. The van der Waals surface area contributed by atoms with E-state index in [1.165, 1.54) is 12.1 Å². The first-order valence-electron chi connectivity index (χ1n) is 13.3. The van der Waals surface area contributed by atoms with Gasteiger partial charge in [0, 0.05) is 73.6 Å². The quantitative estimate of drug-likeness (QED) is 0.346. The molecular weight excluding hydrogens is 499 g/mol. The molecule has 1 saturated heterocycles. The van der Waals surface area contributed by atoms with Gasteiger partial charge in [-0.1, -0.05) is 24.3 Å². The summed E-state index contributed by atoms with van der Waals surface area (Å²) in [7, 11) is 4.00. The first-order valence-corrected chi connectivity index (χ1v) is 13.3. The fourth-order valence-corrected chi connectivity index (χ4v) is 5.45. The summed E-state index contributed by atoms with van der Waals surface area (Å²) in [6.45, 7) is 6.98. The molecule has 1 atom stereocenters. The van der Waals surface area contributed by atoms with Gasteiger partial charge in [-0.2, -0.15) is 9.97 Å². The van der Waals surface area contributed by atoms with E-state index in [1.807, 2.05) is 39.4 Å². The normalized spacial score (nSPS) is 16.7. The van der Waals surface area contributed by atoms with E-state index < -0.39 is 5.82 Å². The van der Waals surface area contributed by atoms with Gasteiger partial charge in [-0.05, 0) is 33.5 Å². The predicted molar refractivity (Wildman–Crippen MR) is 150 cm³/mol. The monoisotopic (exact) mass is 534 g/mol. The Morgan fingerprint density at radius 3 is 2.56 bits per heavy atom. The maximum Gasteiger partial charge on any atom is 0.318 e. The van der Waals surface area contributed by atoms with Crippen molar-refractivity contribution >= 4 is 28.6 Å². The highest BCUT2D eigenvalue weighted by molar-refractivity contribution is 5.96. The van der Waals surface area contributed by atoms with Crippen LogP contribution in [0.2, 0.25) is 0 Å². The summed E-state index contributed by atoms with van der Waals surface area (Å²) in [4.78, 5) is 29.1. The van der Waals surface area contributed by atoms with Crippen molar-refractivity contribution in [1.82, 2.24) is 19.8 Å². The molecule has 0 unspecified atom stereocenters. The first-order chi connectivity index (χ1) is 18.8. The molecule has 2 aromatic carbocycles. The molecule has 0 radical (unpaired) electrons. The van der Waals surface area contributed by atoms with Crippen LogP contribution in [0.3, 0.4) is 0 Å². The Labute approximate surface area is 228 Å². The van der Waals surface area contributed by atoms with E-state index in [4.69, 9.17) is 14.7 Å². The number of carbonyl (C=O) groups is 1. The number of fused-ring (bicyclic) bond motifs is 2. The van der Waals surface area contributed by atoms with E-state index in [9.17, 15) is 14.3 Å². The van der Waals surface area contributed by atoms with Crippen molar-refractivity contribution in [2.75, 3.05) is 63.2 Å². The number of phenols is 1. The number of nitrogens with zero attached hydrogens (tertiary/aromatic N) is 6. The lowest BCUT2D eigenvalue weighted by molar-refractivity contribution is -0.104. The van der Waals surface area contributed by atoms with Gasteiger partial charge in [0.2, 0.25) is 0 Å². The average molecular weight is 535 g/mol. The fourth-order valence-electron chi connectivity index (χ4n) is 5.45. The molecule has 2 aliphatic rings. The Balaban J connectivity index is 1.48. The standard InChI is InChI=1S/C29H35FN6O3/c1-20(18-33(2)3)39-29-31-24-19-36(25-17-26(38)27(30)22-8-5-4-7-21(22)25)11-9-23(24)28(32-29)35-14-12-34(13-15-35)10-6-16-37/h4-8,10,16-17,20,38H,9,11-15,18-19H2,1-3H3/t20-/m1/s1. The molecular formula is C29H35FN6O3. The van der Waals surface area contributed by atoms with Gasteiger partial charge in [0.05, 0.1) is 12.2 Å². The van der Waals surface area contributed by atoms with Crippen LogP contribution < -0.4 is 14.5 Å². The Morgan fingerprint density at radius 1 is 1.10 bits per heavy atom. The van der Waals surface area contributed by atoms with E-state index in [1.54, 1.807) is 12.1 Å². The number of phenolic OH excluding ortho intramolecular Hbond substituents is 1. The number of aromatic nitrogens is 2. The molecule has 1 N–H and O–H groups in total. The lowest BCUT2D eigenvalue weighted by Gasteiger charge is -2.38. The number of carbonyl (C=O) groups excluding carboxylic acids is 1. The molecule has 0 bridgehead atoms. The summed E-state index contributed by atoms with van der Waals surface area (Å²) < 4.78 is 20.8. The van der Waals surface area contributed by atoms with Crippen molar-refractivity contribution in [2.45, 2.75) is 26.0 Å². The third-order valence-corrected chi connectivity index (χ3v) is 7.22. The number of ether oxygens (including phenoxy) is 1. The molecule has 206 valence electrons. The molecule has 3 aromatic rings. The summed E-state index contributed by atoms with van der Waals surface area (Å²) in [6, 6.07) is 9.07. The van der Waals surface area contributed by atoms with Crippen molar-refractivity contribution in [3.8, 4) is 11.8 Å². The molecule has 1 fully saturated rings. The smallest absolute Gasteiger partial charge is 0.318 e. The second-order valence-corrected chi connectivity index (χ2v) is 10.4. The highest BCUT2D eigenvalue weighted by Crippen LogP contribution is 2.38. The highest BCUT2D eigenvalue weighted by Gasteiger charge is 2.29. The van der Waals surface area contributed by atoms with Crippen LogP contribution >= 0.6 is 0 Å². The van der Waals surface area contributed by atoms with E-state index in [2.05, 4.69) is 19.6 Å². The average Bonchev–Trinajstić information content (AvgIpc) is 2.93. The van der Waals surface area contributed by atoms with Crippen molar-refractivity contribution in [3.63, 3.8) is 0 Å². The van der Waals surface area contributed by atoms with Crippen molar-refractivity contribution in [3.05, 3.63) is 59.7 Å². The minimum Gasteiger partial charge on any atom is -0.505 e. The second-order valence-electron chi connectivity index (χ2n) is 10.4. The number of allylic oxidation sites excluding steroid dienone is 1. The van der Waals surface area contributed by atoms with Crippen LogP contribution in [-0.2, 0) is 17.8 Å². The van der Waals surface area contributed by atoms with Crippen LogP contribution in [0.1, 0.15) is 18.2 Å². The number of aromatic hydroxyl groups is 1. The zero-order valence-electron chi connectivity index (χ0n) is 22.7. The summed E-state index contributed by atoms with van der Waals surface area (Å²) in [6.07, 6.45) is 4.75. The van der Waals surface area contributed by atoms with Crippen LogP contribution in [0.4, 0.5) is 15.9 Å². The van der Waals surface area contributed by atoms with Gasteiger partial charge in [-0.25, -0.2) is 4.39 Å². The summed E-state index contributed by atoms with van der Waals surface area (Å²) in [5, 5.41) is 11.5. The zero-order chi connectivity index (χ0) is 27.5. The SMILES string of the molecule is C[C@H](CN(C)C)Oc1nc2c(c(N3CCN(C=CC=O)CC3)n1)CCN(c1cc(O)c(F)c3ccccc13)C2. The number of likely N-dealkylation sites (N-methyl/N-ethyl adjacent to an activating group) is 1. The highest BCUT2D eigenvalue weighted by atomic mass is 19.1. The van der Waals surface area contributed by atoms with E-state index in [0.29, 0.717) is 30.9 Å². The molecule has 10 heteroatoms. The molecule has 2 aliphatic heterocycles. The Hall–Kier alpha value is -3.92. The molecule has 0 saturated carbocycles. The van der Waals surface area contributed by atoms with Gasteiger partial charge in [0.1, 0.15) is 18.2 Å². The number of aldehydes is 1. The van der Waals surface area contributed by atoms with E-state index >= 15 is 0 Å². The Morgan fingerprint density at radius 2 is 1.85 bits per heavy atom. The van der Waals surface area contributed by atoms with Gasteiger partial charge in [-0.15, -0.1) is 0 Å². The number of piperazine rings is 1. The van der Waals surface area contributed by atoms with Crippen molar-refractivity contribution < 1.29 is 19.0 Å². The fraction of sp³-hybridized carbons (Fsp3) is 0.414. The molecule has 3 heterocycles. The topological polar surface area (TPSA) is 85.3 Å². The molecule has 0 aliphatic carbocycles. The summed E-state index contributed by atoms with van der Waals surface area (Å²) in [5.41, 5.74) is 2.73. The van der Waals surface area contributed by atoms with Crippen LogP contribution in [0, 0.1) is 5.82 Å². The van der Waals surface area contributed by atoms with Crippen molar-refractivity contribution in [2.24, 2.45) is 0 Å². The maximum absolute atomic E-state index is 14.7. The third-order valence-electron chi connectivity index (χ3n) is 7.22. The van der Waals surface area contributed by atoms with Crippen LogP contribution in [0.15, 0.2) is 42.6 Å². The van der Waals surface area contributed by atoms with Crippen LogP contribution in [-0.4, -0.2) is 90.6 Å². The second kappa shape index (κ2) is 11.4. The molecule has 1 aromatic heterocycles. The van der Waals surface area contributed by atoms with E-state index in [0.717, 1.165) is 67.2 Å². The Kier molecular flexibility index (Phi) is 7.83. The van der Waals surface area contributed by atoms with Crippen LogP contribution in [0.5, 0.6) is 11.8 Å². The van der Waals surface area contributed by atoms with Gasteiger partial charge >= 0.3 is 6.01 Å². The zero-order valence-corrected chi connectivity index (χ0v) is 22.7. The summed E-state index contributed by atoms with van der Waals surface area (Å²) in [5.74, 6) is -0.0810. The minimum absolute atomic E-state index is 0.103. The minimum atomic E-state index is -0.607. The van der Waals surface area contributed by atoms with Crippen LogP contribution in [0.25, 0.3) is 10.8 Å². The number of hydrogen-bond acceptors (Lipinski definition) is 9. The lowest BCUT2D eigenvalue weighted by Crippen LogP contribution is -2.45. The molecule has 0 amide bonds. The van der Waals surface area contributed by atoms with Gasteiger partial charge in [-0.3, -0.25) is 4.79 Å². The molecule has 5 rings (SSSR count). The predicted octanol–water partition coefficient (Wildman–Crippen LogP) is 3.20. The maximum atomic E-state index is 14.7.